The van der Waals surface area contributed by atoms with Gasteiger partial charge >= 0.3 is 0 Å². The number of ether oxygens (including phenoxy) is 1. The van der Waals surface area contributed by atoms with Crippen LogP contribution in [-0.4, -0.2) is 44.1 Å². The first-order valence-electron chi connectivity index (χ1n) is 8.65. The van der Waals surface area contributed by atoms with Gasteiger partial charge in [-0.1, -0.05) is 30.3 Å². The van der Waals surface area contributed by atoms with Crippen molar-refractivity contribution in [3.05, 3.63) is 59.9 Å². The van der Waals surface area contributed by atoms with Gasteiger partial charge in [0.05, 0.1) is 12.8 Å². The lowest BCUT2D eigenvalue weighted by atomic mass is 9.91. The van der Waals surface area contributed by atoms with Gasteiger partial charge in [0, 0.05) is 32.2 Å². The van der Waals surface area contributed by atoms with E-state index in [0.717, 1.165) is 11.3 Å². The first-order chi connectivity index (χ1) is 12.4. The maximum Gasteiger partial charge on any atom is 0.247 e. The Hall–Kier alpha value is -2.60. The minimum absolute atomic E-state index is 0.0885. The van der Waals surface area contributed by atoms with Crippen LogP contribution in [0.15, 0.2) is 48.5 Å². The first-order valence-corrected chi connectivity index (χ1v) is 8.65. The van der Waals surface area contributed by atoms with Crippen LogP contribution in [0.1, 0.15) is 12.5 Å². The number of rotatable bonds is 4. The summed E-state index contributed by atoms with van der Waals surface area (Å²) in [6.07, 6.45) is 0. The zero-order valence-electron chi connectivity index (χ0n) is 15.1. The van der Waals surface area contributed by atoms with E-state index < -0.39 is 5.54 Å². The zero-order chi connectivity index (χ0) is 18.7. The maximum atomic E-state index is 13.4. The molecule has 1 saturated heterocycles. The highest BCUT2D eigenvalue weighted by Gasteiger charge is 2.36. The molecular formula is C20H24FN3O2. The van der Waals surface area contributed by atoms with Crippen molar-refractivity contribution in [2.24, 2.45) is 5.73 Å². The van der Waals surface area contributed by atoms with E-state index in [1.807, 2.05) is 30.3 Å². The van der Waals surface area contributed by atoms with Crippen LogP contribution in [0.5, 0.6) is 5.75 Å². The van der Waals surface area contributed by atoms with E-state index in [9.17, 15) is 9.18 Å². The number of nitrogens with zero attached hydrogens (tertiary/aromatic N) is 2. The van der Waals surface area contributed by atoms with Crippen molar-refractivity contribution in [3.8, 4) is 5.75 Å². The van der Waals surface area contributed by atoms with Gasteiger partial charge in [-0.05, 0) is 24.6 Å². The normalized spacial score (nSPS) is 16.9. The number of anilines is 1. The first kappa shape index (κ1) is 18.2. The van der Waals surface area contributed by atoms with Crippen molar-refractivity contribution >= 4 is 11.6 Å². The third kappa shape index (κ3) is 3.51. The summed E-state index contributed by atoms with van der Waals surface area (Å²) >= 11 is 0. The number of carbonyl (C=O) groups excluding carboxylic acids is 1. The molecule has 1 aliphatic heterocycles. The molecule has 1 fully saturated rings. The number of hydrogen-bond acceptors (Lipinski definition) is 4. The summed E-state index contributed by atoms with van der Waals surface area (Å²) in [5, 5.41) is 0. The molecule has 1 amide bonds. The summed E-state index contributed by atoms with van der Waals surface area (Å²) in [7, 11) is 1.53. The van der Waals surface area contributed by atoms with Crippen LogP contribution in [0.25, 0.3) is 0 Å². The average Bonchev–Trinajstić information content (AvgIpc) is 2.68. The van der Waals surface area contributed by atoms with E-state index in [2.05, 4.69) is 4.90 Å². The zero-order valence-corrected chi connectivity index (χ0v) is 15.1. The highest BCUT2D eigenvalue weighted by atomic mass is 19.1. The van der Waals surface area contributed by atoms with Crippen LogP contribution in [0.3, 0.4) is 0 Å². The van der Waals surface area contributed by atoms with Crippen molar-refractivity contribution in [2.45, 2.75) is 12.5 Å². The van der Waals surface area contributed by atoms with E-state index in [1.165, 1.54) is 19.2 Å². The summed E-state index contributed by atoms with van der Waals surface area (Å²) < 4.78 is 18.7. The molecular weight excluding hydrogens is 333 g/mol. The van der Waals surface area contributed by atoms with Gasteiger partial charge in [-0.2, -0.15) is 0 Å². The quantitative estimate of drug-likeness (QED) is 0.913. The van der Waals surface area contributed by atoms with Crippen molar-refractivity contribution in [2.75, 3.05) is 38.2 Å². The number of piperazine rings is 1. The van der Waals surface area contributed by atoms with Gasteiger partial charge in [-0.3, -0.25) is 4.79 Å². The SMILES string of the molecule is COc1cc(F)ccc1N1CCN(C(=O)C(C)(N)c2ccccc2)CC1. The topological polar surface area (TPSA) is 58.8 Å². The largest absolute Gasteiger partial charge is 0.494 e. The fourth-order valence-corrected chi connectivity index (χ4v) is 3.30. The molecule has 2 aromatic rings. The molecule has 0 radical (unpaired) electrons. The van der Waals surface area contributed by atoms with Gasteiger partial charge in [-0.25, -0.2) is 4.39 Å². The molecule has 1 unspecified atom stereocenters. The van der Waals surface area contributed by atoms with E-state index in [-0.39, 0.29) is 11.7 Å². The van der Waals surface area contributed by atoms with Crippen LogP contribution in [0.4, 0.5) is 10.1 Å². The van der Waals surface area contributed by atoms with Crippen LogP contribution in [-0.2, 0) is 10.3 Å². The standard InChI is InChI=1S/C20H24FN3O2/c1-20(22,15-6-4-3-5-7-15)19(25)24-12-10-23(11-13-24)17-9-8-16(21)14-18(17)26-2/h3-9,14H,10-13,22H2,1-2H3. The molecule has 0 aromatic heterocycles. The third-order valence-electron chi connectivity index (χ3n) is 4.87. The molecule has 1 atom stereocenters. The third-order valence-corrected chi connectivity index (χ3v) is 4.87. The summed E-state index contributed by atoms with van der Waals surface area (Å²) in [5.74, 6) is 0.0771. The molecule has 3 rings (SSSR count). The fourth-order valence-electron chi connectivity index (χ4n) is 3.30. The smallest absolute Gasteiger partial charge is 0.247 e. The summed E-state index contributed by atoms with van der Waals surface area (Å²) in [6, 6.07) is 13.9. The Bertz CT molecular complexity index is 772. The predicted octanol–water partition coefficient (Wildman–Crippen LogP) is 2.36. The van der Waals surface area contributed by atoms with Gasteiger partial charge in [0.1, 0.15) is 17.1 Å². The second-order valence-corrected chi connectivity index (χ2v) is 6.66. The summed E-state index contributed by atoms with van der Waals surface area (Å²) in [6.45, 7) is 4.13. The predicted molar refractivity (Wildman–Crippen MR) is 99.7 cm³/mol. The van der Waals surface area contributed by atoms with Gasteiger partial charge in [0.2, 0.25) is 5.91 Å². The number of amides is 1. The Morgan fingerprint density at radius 1 is 1.12 bits per heavy atom. The van der Waals surface area contributed by atoms with E-state index >= 15 is 0 Å². The molecule has 0 aliphatic carbocycles. The van der Waals surface area contributed by atoms with Crippen LogP contribution in [0.2, 0.25) is 0 Å². The minimum atomic E-state index is -1.06. The molecule has 138 valence electrons. The van der Waals surface area contributed by atoms with Gasteiger partial charge in [0.15, 0.2) is 0 Å². The average molecular weight is 357 g/mol. The van der Waals surface area contributed by atoms with Crippen LogP contribution in [0, 0.1) is 5.82 Å². The van der Waals surface area contributed by atoms with Gasteiger partial charge in [-0.15, -0.1) is 0 Å². The molecule has 2 N–H and O–H groups in total. The molecule has 2 aromatic carbocycles. The van der Waals surface area contributed by atoms with Crippen LogP contribution < -0.4 is 15.4 Å². The molecule has 26 heavy (non-hydrogen) atoms. The summed E-state index contributed by atoms with van der Waals surface area (Å²) in [5.41, 5.74) is 6.93. The number of benzene rings is 2. The molecule has 6 heteroatoms. The Balaban J connectivity index is 1.70. The van der Waals surface area contributed by atoms with Crippen molar-refractivity contribution < 1.29 is 13.9 Å². The Morgan fingerprint density at radius 2 is 1.77 bits per heavy atom. The number of methoxy groups -OCH3 is 1. The number of carbonyl (C=O) groups is 1. The monoisotopic (exact) mass is 357 g/mol. The molecule has 1 aliphatic rings. The lowest BCUT2D eigenvalue weighted by Gasteiger charge is -2.39. The van der Waals surface area contributed by atoms with E-state index in [1.54, 1.807) is 17.9 Å². The van der Waals surface area contributed by atoms with E-state index in [0.29, 0.717) is 31.9 Å². The highest BCUT2D eigenvalue weighted by molar-refractivity contribution is 5.87. The lowest BCUT2D eigenvalue weighted by Crippen LogP contribution is -2.56. The minimum Gasteiger partial charge on any atom is -0.494 e. The van der Waals surface area contributed by atoms with Crippen molar-refractivity contribution in [1.82, 2.24) is 4.90 Å². The van der Waals surface area contributed by atoms with Crippen LogP contribution >= 0.6 is 0 Å². The maximum absolute atomic E-state index is 13.4. The van der Waals surface area contributed by atoms with Gasteiger partial charge in [0.25, 0.3) is 0 Å². The fraction of sp³-hybridized carbons (Fsp3) is 0.350. The summed E-state index contributed by atoms with van der Waals surface area (Å²) in [4.78, 5) is 16.8. The molecule has 5 nitrogen and oxygen atoms in total. The number of halogens is 1. The second-order valence-electron chi connectivity index (χ2n) is 6.66. The molecule has 0 bridgehead atoms. The van der Waals surface area contributed by atoms with Crippen molar-refractivity contribution in [3.63, 3.8) is 0 Å². The second kappa shape index (κ2) is 7.33. The Morgan fingerprint density at radius 3 is 2.38 bits per heavy atom. The molecule has 0 saturated carbocycles. The Kier molecular flexibility index (Phi) is 5.13. The highest BCUT2D eigenvalue weighted by Crippen LogP contribution is 2.30. The number of nitrogens with two attached hydrogens (primary N) is 1. The van der Waals surface area contributed by atoms with E-state index in [4.69, 9.17) is 10.5 Å². The van der Waals surface area contributed by atoms with Crippen molar-refractivity contribution in [1.29, 1.82) is 0 Å². The molecule has 0 spiro atoms. The lowest BCUT2D eigenvalue weighted by molar-refractivity contribution is -0.137. The molecule has 1 heterocycles. The Labute approximate surface area is 153 Å². The number of hydrogen-bond donors (Lipinski definition) is 1. The van der Waals surface area contributed by atoms with Gasteiger partial charge < -0.3 is 20.3 Å².